The third kappa shape index (κ3) is 4.09. The van der Waals surface area contributed by atoms with Crippen molar-refractivity contribution in [1.29, 1.82) is 0 Å². The van der Waals surface area contributed by atoms with E-state index in [2.05, 4.69) is 41.6 Å². The summed E-state index contributed by atoms with van der Waals surface area (Å²) in [4.78, 5) is 1.30. The van der Waals surface area contributed by atoms with Crippen molar-refractivity contribution in [1.82, 2.24) is 19.8 Å². The molecular formula is C17H26N5OS+. The second-order valence-corrected chi connectivity index (χ2v) is 6.97. The summed E-state index contributed by atoms with van der Waals surface area (Å²) < 4.78 is 4.07. The molecule has 2 heterocycles. The predicted molar refractivity (Wildman–Crippen MR) is 94.7 cm³/mol. The van der Waals surface area contributed by atoms with E-state index in [9.17, 15) is 5.11 Å². The van der Waals surface area contributed by atoms with Gasteiger partial charge < -0.3 is 10.0 Å². The van der Waals surface area contributed by atoms with Crippen LogP contribution >= 0.6 is 12.2 Å². The Bertz CT molecular complexity index is 709. The van der Waals surface area contributed by atoms with Crippen LogP contribution in [0.5, 0.6) is 0 Å². The minimum Gasteiger partial charge on any atom is -0.387 e. The van der Waals surface area contributed by atoms with Crippen LogP contribution in [0, 0.1) is 4.77 Å². The number of nitrogens with zero attached hydrogens (tertiary/aromatic N) is 4. The first-order valence-electron chi connectivity index (χ1n) is 8.81. The van der Waals surface area contributed by atoms with Crippen LogP contribution in [0.25, 0.3) is 5.69 Å². The lowest BCUT2D eigenvalue weighted by Crippen LogP contribution is -3.13. The first kappa shape index (κ1) is 17.3. The van der Waals surface area contributed by atoms with Crippen molar-refractivity contribution in [2.75, 3.05) is 13.1 Å². The van der Waals surface area contributed by atoms with E-state index >= 15 is 0 Å². The number of piperidine rings is 1. The minimum atomic E-state index is -0.214. The van der Waals surface area contributed by atoms with E-state index in [1.165, 1.54) is 23.3 Å². The zero-order chi connectivity index (χ0) is 16.9. The first-order valence-corrected chi connectivity index (χ1v) is 9.22. The molecule has 6 nitrogen and oxygen atoms in total. The number of rotatable bonds is 6. The van der Waals surface area contributed by atoms with Crippen molar-refractivity contribution in [3.05, 3.63) is 34.6 Å². The molecule has 1 aromatic carbocycles. The summed E-state index contributed by atoms with van der Waals surface area (Å²) in [7, 11) is 0. The Hall–Kier alpha value is -1.57. The molecule has 1 fully saturated rings. The van der Waals surface area contributed by atoms with Crippen molar-refractivity contribution in [2.24, 2.45) is 0 Å². The molecule has 2 atom stereocenters. The normalized spacial score (nSPS) is 21.1. The molecule has 24 heavy (non-hydrogen) atoms. The molecular weight excluding hydrogens is 322 g/mol. The Morgan fingerprint density at radius 3 is 2.79 bits per heavy atom. The molecule has 3 rings (SSSR count). The molecule has 0 aliphatic carbocycles. The average Bonchev–Trinajstić information content (AvgIpc) is 2.94. The van der Waals surface area contributed by atoms with Crippen molar-refractivity contribution < 1.29 is 10.0 Å². The highest BCUT2D eigenvalue weighted by Gasteiger charge is 2.22. The smallest absolute Gasteiger partial charge is 0.225 e. The molecule has 1 aromatic heterocycles. The third-order valence-electron chi connectivity index (χ3n) is 4.60. The van der Waals surface area contributed by atoms with Gasteiger partial charge in [-0.3, -0.25) is 0 Å². The number of aliphatic hydroxyl groups is 1. The van der Waals surface area contributed by atoms with Crippen molar-refractivity contribution >= 4 is 12.2 Å². The van der Waals surface area contributed by atoms with Gasteiger partial charge in [-0.2, -0.15) is 9.36 Å². The van der Waals surface area contributed by atoms with Gasteiger partial charge in [-0.1, -0.05) is 25.5 Å². The van der Waals surface area contributed by atoms with Gasteiger partial charge >= 0.3 is 0 Å². The number of aromatic nitrogens is 4. The molecule has 0 saturated carbocycles. The Kier molecular flexibility index (Phi) is 5.76. The lowest BCUT2D eigenvalue weighted by Gasteiger charge is -2.26. The Balaban J connectivity index is 1.71. The lowest BCUT2D eigenvalue weighted by atomic mass is 10.1. The number of nitrogens with one attached hydrogen (secondary N) is 1. The second kappa shape index (κ2) is 8.00. The molecule has 1 unspecified atom stereocenters. The van der Waals surface area contributed by atoms with E-state index in [1.807, 2.05) is 0 Å². The quantitative estimate of drug-likeness (QED) is 0.769. The fourth-order valence-corrected chi connectivity index (χ4v) is 3.44. The number of benzene rings is 1. The maximum absolute atomic E-state index is 9.80. The van der Waals surface area contributed by atoms with Crippen molar-refractivity contribution in [3.8, 4) is 5.69 Å². The number of hydrogen-bond donors (Lipinski definition) is 2. The summed E-state index contributed by atoms with van der Waals surface area (Å²) in [6.07, 6.45) is 5.24. The standard InChI is InChI=1S/C17H25N5OS/c1-2-3-5-14-7-9-15(10-8-14)22-17(24)21(18-19-22)13-20-11-4-6-16(23)12-20/h7-10,16,23H,2-6,11-13H2,1H3/p+1/t16-/m0/s1. The van der Waals surface area contributed by atoms with E-state index in [1.54, 1.807) is 9.36 Å². The minimum absolute atomic E-state index is 0.214. The molecule has 7 heteroatoms. The number of unbranched alkanes of at least 4 members (excludes halogenated alkanes) is 1. The van der Waals surface area contributed by atoms with Crippen LogP contribution < -0.4 is 4.90 Å². The van der Waals surface area contributed by atoms with Crippen LogP contribution in [0.15, 0.2) is 24.3 Å². The molecule has 0 radical (unpaired) electrons. The van der Waals surface area contributed by atoms with Crippen molar-refractivity contribution in [3.63, 3.8) is 0 Å². The molecule has 1 aliphatic heterocycles. The first-order chi connectivity index (χ1) is 11.7. The van der Waals surface area contributed by atoms with Gasteiger partial charge in [0, 0.05) is 0 Å². The van der Waals surface area contributed by atoms with Gasteiger partial charge in [0.05, 0.1) is 12.2 Å². The summed E-state index contributed by atoms with van der Waals surface area (Å²) in [5, 5.41) is 18.2. The molecule has 130 valence electrons. The second-order valence-electron chi connectivity index (χ2n) is 6.60. The van der Waals surface area contributed by atoms with Gasteiger partial charge in [-0.05, 0) is 66.0 Å². The van der Waals surface area contributed by atoms with Gasteiger partial charge in [0.15, 0.2) is 6.67 Å². The fourth-order valence-electron chi connectivity index (χ4n) is 3.20. The maximum Gasteiger partial charge on any atom is 0.225 e. The van der Waals surface area contributed by atoms with Crippen molar-refractivity contribution in [2.45, 2.75) is 51.8 Å². The SMILES string of the molecule is CCCCc1ccc(-n2nnn(C[NH+]3CCC[C@H](O)C3)c2=S)cc1. The van der Waals surface area contributed by atoms with Gasteiger partial charge in [-0.25, -0.2) is 0 Å². The van der Waals surface area contributed by atoms with Crippen LogP contribution in [0.3, 0.4) is 0 Å². The summed E-state index contributed by atoms with van der Waals surface area (Å²) in [5.74, 6) is 0. The summed E-state index contributed by atoms with van der Waals surface area (Å²) in [5.41, 5.74) is 2.28. The molecule has 2 aromatic rings. The number of likely N-dealkylation sites (tertiary alicyclic amines) is 1. The fraction of sp³-hybridized carbons (Fsp3) is 0.588. The van der Waals surface area contributed by atoms with E-state index in [0.717, 1.165) is 38.0 Å². The Morgan fingerprint density at radius 1 is 1.29 bits per heavy atom. The van der Waals surface area contributed by atoms with Crippen LogP contribution in [0.1, 0.15) is 38.2 Å². The predicted octanol–water partition coefficient (Wildman–Crippen LogP) is 1.14. The van der Waals surface area contributed by atoms with Crippen LogP contribution in [-0.2, 0) is 13.1 Å². The summed E-state index contributed by atoms with van der Waals surface area (Å²) in [6.45, 7) is 4.65. The molecule has 0 bridgehead atoms. The van der Waals surface area contributed by atoms with Crippen LogP contribution in [0.4, 0.5) is 0 Å². The zero-order valence-corrected chi connectivity index (χ0v) is 15.0. The maximum atomic E-state index is 9.80. The van der Waals surface area contributed by atoms with Gasteiger partial charge in [0.2, 0.25) is 4.77 Å². The van der Waals surface area contributed by atoms with Crippen LogP contribution in [0.2, 0.25) is 0 Å². The lowest BCUT2D eigenvalue weighted by molar-refractivity contribution is -0.931. The topological polar surface area (TPSA) is 60.3 Å². The Morgan fingerprint density at radius 2 is 2.08 bits per heavy atom. The molecule has 1 saturated heterocycles. The van der Waals surface area contributed by atoms with E-state index in [-0.39, 0.29) is 6.10 Å². The van der Waals surface area contributed by atoms with Gasteiger partial charge in [-0.15, -0.1) is 0 Å². The monoisotopic (exact) mass is 348 g/mol. The highest BCUT2D eigenvalue weighted by atomic mass is 32.1. The van der Waals surface area contributed by atoms with E-state index in [0.29, 0.717) is 11.4 Å². The largest absolute Gasteiger partial charge is 0.387 e. The third-order valence-corrected chi connectivity index (χ3v) is 4.99. The highest BCUT2D eigenvalue weighted by molar-refractivity contribution is 7.71. The van der Waals surface area contributed by atoms with Crippen LogP contribution in [-0.4, -0.2) is 44.1 Å². The summed E-state index contributed by atoms with van der Waals surface area (Å²) >= 11 is 5.53. The average molecular weight is 348 g/mol. The number of aryl methyl sites for hydroxylation is 1. The number of hydrogen-bond acceptors (Lipinski definition) is 4. The van der Waals surface area contributed by atoms with Gasteiger partial charge in [0.25, 0.3) is 0 Å². The van der Waals surface area contributed by atoms with Gasteiger partial charge in [0.1, 0.15) is 12.6 Å². The molecule has 1 aliphatic rings. The molecule has 2 N–H and O–H groups in total. The zero-order valence-electron chi connectivity index (χ0n) is 14.2. The highest BCUT2D eigenvalue weighted by Crippen LogP contribution is 2.11. The molecule has 0 amide bonds. The van der Waals surface area contributed by atoms with E-state index in [4.69, 9.17) is 12.2 Å². The number of tetrazole rings is 1. The van der Waals surface area contributed by atoms with E-state index < -0.39 is 0 Å². The Labute approximate surface area is 147 Å². The molecule has 0 spiro atoms. The summed E-state index contributed by atoms with van der Waals surface area (Å²) in [6, 6.07) is 8.38. The number of quaternary nitrogens is 1. The number of aliphatic hydroxyl groups excluding tert-OH is 1.